The summed E-state index contributed by atoms with van der Waals surface area (Å²) in [5, 5.41) is 9.25. The molecule has 1 N–H and O–H groups in total. The van der Waals surface area contributed by atoms with Crippen molar-refractivity contribution >= 4 is 5.97 Å². The van der Waals surface area contributed by atoms with Gasteiger partial charge in [-0.05, 0) is 41.5 Å². The van der Waals surface area contributed by atoms with Crippen LogP contribution >= 0.6 is 0 Å². The van der Waals surface area contributed by atoms with Crippen LogP contribution in [0.15, 0.2) is 78.9 Å². The Morgan fingerprint density at radius 1 is 0.727 bits per heavy atom. The maximum atomic E-state index is 11.3. The van der Waals surface area contributed by atoms with Crippen LogP contribution in [0, 0.1) is 0 Å². The average Bonchev–Trinajstić information content (AvgIpc) is 2.56. The highest BCUT2D eigenvalue weighted by molar-refractivity contribution is 5.96. The van der Waals surface area contributed by atoms with Crippen LogP contribution in [-0.2, 0) is 0 Å². The Bertz CT molecular complexity index is 777. The SMILES string of the molecule is O=C(O)c1ccccc1-c1ccc(Oc2ccccc2)cc1. The summed E-state index contributed by atoms with van der Waals surface area (Å²) in [4.78, 5) is 11.3. The molecule has 0 aliphatic heterocycles. The smallest absolute Gasteiger partial charge is 0.336 e. The second-order valence-electron chi connectivity index (χ2n) is 4.79. The third kappa shape index (κ3) is 2.99. The number of hydrogen-bond acceptors (Lipinski definition) is 2. The topological polar surface area (TPSA) is 46.5 Å². The Hall–Kier alpha value is -3.07. The van der Waals surface area contributed by atoms with Crippen molar-refractivity contribution in [2.75, 3.05) is 0 Å². The van der Waals surface area contributed by atoms with Gasteiger partial charge in [-0.2, -0.15) is 0 Å². The molecule has 3 aromatic carbocycles. The fraction of sp³-hybridized carbons (Fsp3) is 0. The van der Waals surface area contributed by atoms with Crippen LogP contribution < -0.4 is 4.74 Å². The van der Waals surface area contributed by atoms with Gasteiger partial charge in [0, 0.05) is 0 Å². The number of carbonyl (C=O) groups is 1. The molecule has 3 nitrogen and oxygen atoms in total. The van der Waals surface area contributed by atoms with E-state index in [4.69, 9.17) is 4.74 Å². The van der Waals surface area contributed by atoms with Gasteiger partial charge in [0.1, 0.15) is 11.5 Å². The first kappa shape index (κ1) is 13.9. The van der Waals surface area contributed by atoms with E-state index in [1.165, 1.54) is 0 Å². The van der Waals surface area contributed by atoms with Gasteiger partial charge in [0.2, 0.25) is 0 Å². The van der Waals surface area contributed by atoms with E-state index in [1.54, 1.807) is 18.2 Å². The molecule has 0 aliphatic carbocycles. The van der Waals surface area contributed by atoms with Gasteiger partial charge in [-0.15, -0.1) is 0 Å². The first-order chi connectivity index (χ1) is 10.7. The predicted octanol–water partition coefficient (Wildman–Crippen LogP) is 4.84. The Kier molecular flexibility index (Phi) is 3.88. The molecule has 0 saturated heterocycles. The highest BCUT2D eigenvalue weighted by Gasteiger charge is 2.10. The number of rotatable bonds is 4. The van der Waals surface area contributed by atoms with Gasteiger partial charge < -0.3 is 9.84 Å². The average molecular weight is 290 g/mol. The molecular formula is C19H14O3. The number of aromatic carboxylic acids is 1. The second kappa shape index (κ2) is 6.14. The van der Waals surface area contributed by atoms with Gasteiger partial charge in [-0.25, -0.2) is 4.79 Å². The van der Waals surface area contributed by atoms with Gasteiger partial charge >= 0.3 is 5.97 Å². The lowest BCUT2D eigenvalue weighted by atomic mass is 10.00. The lowest BCUT2D eigenvalue weighted by Crippen LogP contribution is -1.98. The van der Waals surface area contributed by atoms with Gasteiger partial charge in [-0.3, -0.25) is 0 Å². The van der Waals surface area contributed by atoms with Crippen molar-refractivity contribution in [2.45, 2.75) is 0 Å². The largest absolute Gasteiger partial charge is 0.478 e. The molecule has 0 fully saturated rings. The molecule has 0 aromatic heterocycles. The third-order valence-corrected chi connectivity index (χ3v) is 3.30. The van der Waals surface area contributed by atoms with E-state index in [1.807, 2.05) is 60.7 Å². The zero-order chi connectivity index (χ0) is 15.4. The fourth-order valence-electron chi connectivity index (χ4n) is 2.25. The summed E-state index contributed by atoms with van der Waals surface area (Å²) in [7, 11) is 0. The first-order valence-corrected chi connectivity index (χ1v) is 6.90. The van der Waals surface area contributed by atoms with Crippen molar-refractivity contribution in [1.82, 2.24) is 0 Å². The highest BCUT2D eigenvalue weighted by Crippen LogP contribution is 2.27. The zero-order valence-corrected chi connectivity index (χ0v) is 11.8. The molecule has 22 heavy (non-hydrogen) atoms. The van der Waals surface area contributed by atoms with Crippen LogP contribution in [0.5, 0.6) is 11.5 Å². The fourth-order valence-corrected chi connectivity index (χ4v) is 2.25. The highest BCUT2D eigenvalue weighted by atomic mass is 16.5. The van der Waals surface area contributed by atoms with E-state index >= 15 is 0 Å². The summed E-state index contributed by atoms with van der Waals surface area (Å²) in [6, 6.07) is 23.9. The van der Waals surface area contributed by atoms with Crippen molar-refractivity contribution < 1.29 is 14.6 Å². The summed E-state index contributed by atoms with van der Waals surface area (Å²) in [5.41, 5.74) is 1.83. The van der Waals surface area contributed by atoms with E-state index in [0.717, 1.165) is 11.3 Å². The molecule has 0 radical (unpaired) electrons. The summed E-state index contributed by atoms with van der Waals surface area (Å²) in [5.74, 6) is 0.546. The summed E-state index contributed by atoms with van der Waals surface area (Å²) in [6.45, 7) is 0. The standard InChI is InChI=1S/C19H14O3/c20-19(21)18-9-5-4-8-17(18)14-10-12-16(13-11-14)22-15-6-2-1-3-7-15/h1-13H,(H,20,21). The molecule has 3 heteroatoms. The maximum absolute atomic E-state index is 11.3. The number of benzene rings is 3. The van der Waals surface area contributed by atoms with Crippen LogP contribution in [0.25, 0.3) is 11.1 Å². The Balaban J connectivity index is 1.87. The van der Waals surface area contributed by atoms with Crippen molar-refractivity contribution in [3.05, 3.63) is 84.4 Å². The monoisotopic (exact) mass is 290 g/mol. The molecule has 108 valence electrons. The van der Waals surface area contributed by atoms with Crippen molar-refractivity contribution in [3.63, 3.8) is 0 Å². The zero-order valence-electron chi connectivity index (χ0n) is 11.8. The van der Waals surface area contributed by atoms with Crippen molar-refractivity contribution in [3.8, 4) is 22.6 Å². The number of carboxylic acid groups (broad SMARTS) is 1. The van der Waals surface area contributed by atoms with Crippen LogP contribution in [0.4, 0.5) is 0 Å². The lowest BCUT2D eigenvalue weighted by molar-refractivity contribution is 0.0697. The Morgan fingerprint density at radius 3 is 2.00 bits per heavy atom. The molecule has 0 atom stereocenters. The van der Waals surface area contributed by atoms with E-state index < -0.39 is 5.97 Å². The molecule has 0 unspecified atom stereocenters. The molecule has 0 amide bonds. The van der Waals surface area contributed by atoms with Gasteiger partial charge in [0.15, 0.2) is 0 Å². The predicted molar refractivity (Wildman–Crippen MR) is 85.4 cm³/mol. The van der Waals surface area contributed by atoms with E-state index in [0.29, 0.717) is 16.9 Å². The molecule has 0 heterocycles. The number of para-hydroxylation sites is 1. The molecular weight excluding hydrogens is 276 g/mol. The van der Waals surface area contributed by atoms with Crippen LogP contribution in [0.2, 0.25) is 0 Å². The second-order valence-corrected chi connectivity index (χ2v) is 4.79. The minimum absolute atomic E-state index is 0.291. The minimum atomic E-state index is -0.930. The Morgan fingerprint density at radius 2 is 1.32 bits per heavy atom. The third-order valence-electron chi connectivity index (χ3n) is 3.30. The van der Waals surface area contributed by atoms with Crippen LogP contribution in [-0.4, -0.2) is 11.1 Å². The van der Waals surface area contributed by atoms with Crippen molar-refractivity contribution in [1.29, 1.82) is 0 Å². The van der Waals surface area contributed by atoms with Crippen LogP contribution in [0.1, 0.15) is 10.4 Å². The minimum Gasteiger partial charge on any atom is -0.478 e. The molecule has 0 bridgehead atoms. The summed E-state index contributed by atoms with van der Waals surface area (Å²) in [6.07, 6.45) is 0. The number of carboxylic acids is 1. The van der Waals surface area contributed by atoms with Gasteiger partial charge in [0.25, 0.3) is 0 Å². The normalized spacial score (nSPS) is 10.2. The van der Waals surface area contributed by atoms with Crippen LogP contribution in [0.3, 0.4) is 0 Å². The van der Waals surface area contributed by atoms with E-state index in [9.17, 15) is 9.90 Å². The van der Waals surface area contributed by atoms with E-state index in [2.05, 4.69) is 0 Å². The number of ether oxygens (including phenoxy) is 1. The quantitative estimate of drug-likeness (QED) is 0.747. The molecule has 0 saturated carbocycles. The summed E-state index contributed by atoms with van der Waals surface area (Å²) < 4.78 is 5.73. The van der Waals surface area contributed by atoms with E-state index in [-0.39, 0.29) is 0 Å². The molecule has 0 aliphatic rings. The van der Waals surface area contributed by atoms with Gasteiger partial charge in [-0.1, -0.05) is 48.5 Å². The maximum Gasteiger partial charge on any atom is 0.336 e. The molecule has 3 aromatic rings. The van der Waals surface area contributed by atoms with Crippen molar-refractivity contribution in [2.24, 2.45) is 0 Å². The molecule has 0 spiro atoms. The number of hydrogen-bond donors (Lipinski definition) is 1. The van der Waals surface area contributed by atoms with Gasteiger partial charge in [0.05, 0.1) is 5.56 Å². The molecule has 3 rings (SSSR count). The first-order valence-electron chi connectivity index (χ1n) is 6.90. The lowest BCUT2D eigenvalue weighted by Gasteiger charge is -2.08. The summed E-state index contributed by atoms with van der Waals surface area (Å²) >= 11 is 0. The Labute approximate surface area is 128 Å².